The summed E-state index contributed by atoms with van der Waals surface area (Å²) in [6, 6.07) is 15.3. The molecule has 1 aliphatic rings. The van der Waals surface area contributed by atoms with Gasteiger partial charge in [0.25, 0.3) is 0 Å². The van der Waals surface area contributed by atoms with Gasteiger partial charge in [-0.3, -0.25) is 5.01 Å². The third-order valence-corrected chi connectivity index (χ3v) is 4.11. The molecule has 1 aliphatic heterocycles. The number of phenolic OH excluding ortho intramolecular Hbond substituents is 2. The first-order valence-electron chi connectivity index (χ1n) is 7.89. The average molecular weight is 312 g/mol. The van der Waals surface area contributed by atoms with Crippen LogP contribution in [0.2, 0.25) is 0 Å². The molecule has 3 N–H and O–H groups in total. The molecule has 0 unspecified atom stereocenters. The number of nitrogens with one attached hydrogen (secondary N) is 1. The van der Waals surface area contributed by atoms with E-state index in [4.69, 9.17) is 0 Å². The Balaban J connectivity index is 1.50. The molecule has 1 heterocycles. The van der Waals surface area contributed by atoms with Crippen LogP contribution in [-0.4, -0.2) is 47.6 Å². The van der Waals surface area contributed by atoms with Crippen molar-refractivity contribution in [2.75, 3.05) is 26.2 Å². The van der Waals surface area contributed by atoms with Crippen LogP contribution in [0.25, 0.3) is 0 Å². The predicted molar refractivity (Wildman–Crippen MR) is 89.8 cm³/mol. The van der Waals surface area contributed by atoms with Gasteiger partial charge < -0.3 is 15.1 Å². The highest BCUT2D eigenvalue weighted by molar-refractivity contribution is 5.80. The van der Waals surface area contributed by atoms with E-state index in [-0.39, 0.29) is 11.5 Å². The summed E-state index contributed by atoms with van der Waals surface area (Å²) in [5.74, 6) is -0.230. The molecule has 0 spiro atoms. The first kappa shape index (κ1) is 15.4. The molecule has 0 bridgehead atoms. The van der Waals surface area contributed by atoms with Crippen molar-refractivity contribution in [3.8, 4) is 11.5 Å². The van der Waals surface area contributed by atoms with E-state index in [9.17, 15) is 10.2 Å². The Kier molecular flexibility index (Phi) is 4.78. The molecule has 0 amide bonds. The SMILES string of the molecule is Oc1ccc(/C=N/N2CC[NH+](Cc3ccccc3)CC2)cc1O. The Labute approximate surface area is 136 Å². The number of quaternary nitrogens is 1. The van der Waals surface area contributed by atoms with Crippen molar-refractivity contribution in [3.63, 3.8) is 0 Å². The smallest absolute Gasteiger partial charge is 0.158 e. The third kappa shape index (κ3) is 4.23. The van der Waals surface area contributed by atoms with Crippen LogP contribution in [0, 0.1) is 0 Å². The zero-order valence-electron chi connectivity index (χ0n) is 13.0. The lowest BCUT2D eigenvalue weighted by atomic mass is 10.2. The first-order chi connectivity index (χ1) is 11.2. The quantitative estimate of drug-likeness (QED) is 0.579. The van der Waals surface area contributed by atoms with Gasteiger partial charge >= 0.3 is 0 Å². The summed E-state index contributed by atoms with van der Waals surface area (Å²) in [6.45, 7) is 5.02. The van der Waals surface area contributed by atoms with Crippen molar-refractivity contribution in [1.29, 1.82) is 0 Å². The van der Waals surface area contributed by atoms with Crippen LogP contribution < -0.4 is 4.90 Å². The fourth-order valence-corrected chi connectivity index (χ4v) is 2.76. The van der Waals surface area contributed by atoms with Gasteiger partial charge in [0.05, 0.1) is 32.4 Å². The zero-order valence-corrected chi connectivity index (χ0v) is 13.0. The number of benzene rings is 2. The molecule has 5 nitrogen and oxygen atoms in total. The van der Waals surface area contributed by atoms with Crippen molar-refractivity contribution in [2.24, 2.45) is 5.10 Å². The summed E-state index contributed by atoms with van der Waals surface area (Å²) in [7, 11) is 0. The van der Waals surface area contributed by atoms with E-state index in [1.54, 1.807) is 17.2 Å². The molecule has 0 aromatic heterocycles. The Morgan fingerprint density at radius 2 is 1.74 bits per heavy atom. The van der Waals surface area contributed by atoms with Crippen molar-refractivity contribution in [1.82, 2.24) is 5.01 Å². The lowest BCUT2D eigenvalue weighted by Crippen LogP contribution is -3.13. The monoisotopic (exact) mass is 312 g/mol. The van der Waals surface area contributed by atoms with Crippen LogP contribution in [0.1, 0.15) is 11.1 Å². The van der Waals surface area contributed by atoms with Gasteiger partial charge in [-0.15, -0.1) is 0 Å². The molecule has 1 fully saturated rings. The molecule has 0 saturated carbocycles. The maximum Gasteiger partial charge on any atom is 0.158 e. The van der Waals surface area contributed by atoms with E-state index in [1.165, 1.54) is 17.7 Å². The van der Waals surface area contributed by atoms with Crippen LogP contribution in [0.4, 0.5) is 0 Å². The minimum absolute atomic E-state index is 0.111. The van der Waals surface area contributed by atoms with Crippen LogP contribution in [0.3, 0.4) is 0 Å². The maximum atomic E-state index is 9.48. The maximum absolute atomic E-state index is 9.48. The first-order valence-corrected chi connectivity index (χ1v) is 7.89. The fraction of sp³-hybridized carbons (Fsp3) is 0.278. The highest BCUT2D eigenvalue weighted by Crippen LogP contribution is 2.24. The van der Waals surface area contributed by atoms with E-state index >= 15 is 0 Å². The second-order valence-electron chi connectivity index (χ2n) is 5.86. The van der Waals surface area contributed by atoms with Gasteiger partial charge in [-0.2, -0.15) is 5.10 Å². The van der Waals surface area contributed by atoms with Crippen molar-refractivity contribution in [2.45, 2.75) is 6.54 Å². The summed E-state index contributed by atoms with van der Waals surface area (Å²) in [5.41, 5.74) is 2.15. The molecule has 3 rings (SSSR count). The van der Waals surface area contributed by atoms with Gasteiger partial charge in [0.2, 0.25) is 0 Å². The summed E-state index contributed by atoms with van der Waals surface area (Å²) in [6.07, 6.45) is 1.72. The Morgan fingerprint density at radius 3 is 2.43 bits per heavy atom. The van der Waals surface area contributed by atoms with Crippen LogP contribution >= 0.6 is 0 Å². The number of nitrogens with zero attached hydrogens (tertiary/aromatic N) is 2. The Hall–Kier alpha value is -2.53. The van der Waals surface area contributed by atoms with E-state index in [0.29, 0.717) is 0 Å². The van der Waals surface area contributed by atoms with Gasteiger partial charge in [0.15, 0.2) is 11.5 Å². The summed E-state index contributed by atoms with van der Waals surface area (Å²) < 4.78 is 0. The lowest BCUT2D eigenvalue weighted by Gasteiger charge is -2.30. The molecule has 5 heteroatoms. The van der Waals surface area contributed by atoms with Crippen LogP contribution in [0.5, 0.6) is 11.5 Å². The van der Waals surface area contributed by atoms with Crippen LogP contribution in [0.15, 0.2) is 53.6 Å². The fourth-order valence-electron chi connectivity index (χ4n) is 2.76. The molecule has 0 atom stereocenters. The highest BCUT2D eigenvalue weighted by Gasteiger charge is 2.18. The van der Waals surface area contributed by atoms with E-state index in [1.807, 2.05) is 6.07 Å². The highest BCUT2D eigenvalue weighted by atomic mass is 16.3. The Morgan fingerprint density at radius 1 is 1.00 bits per heavy atom. The van der Waals surface area contributed by atoms with Gasteiger partial charge in [-0.05, 0) is 23.8 Å². The molecule has 1 saturated heterocycles. The lowest BCUT2D eigenvalue weighted by molar-refractivity contribution is -0.918. The van der Waals surface area contributed by atoms with Crippen molar-refractivity contribution >= 4 is 6.21 Å². The second-order valence-corrected chi connectivity index (χ2v) is 5.86. The number of aromatic hydroxyl groups is 2. The minimum Gasteiger partial charge on any atom is -0.504 e. The van der Waals surface area contributed by atoms with E-state index in [2.05, 4.69) is 34.4 Å². The third-order valence-electron chi connectivity index (χ3n) is 4.11. The number of phenols is 2. The number of hydrazone groups is 1. The molecule has 0 aliphatic carbocycles. The molecule has 2 aromatic carbocycles. The van der Waals surface area contributed by atoms with E-state index in [0.717, 1.165) is 38.3 Å². The summed E-state index contributed by atoms with van der Waals surface area (Å²) >= 11 is 0. The second kappa shape index (κ2) is 7.15. The van der Waals surface area contributed by atoms with Gasteiger partial charge in [0, 0.05) is 5.56 Å². The number of hydrogen-bond donors (Lipinski definition) is 3. The average Bonchev–Trinajstić information content (AvgIpc) is 2.58. The number of hydrogen-bond acceptors (Lipinski definition) is 4. The largest absolute Gasteiger partial charge is 0.504 e. The zero-order chi connectivity index (χ0) is 16.1. The minimum atomic E-state index is -0.119. The Bertz CT molecular complexity index is 665. The molecule has 120 valence electrons. The number of rotatable bonds is 4. The molecular weight excluding hydrogens is 290 g/mol. The van der Waals surface area contributed by atoms with Crippen molar-refractivity contribution in [3.05, 3.63) is 59.7 Å². The predicted octanol–water partition coefficient (Wildman–Crippen LogP) is 0.832. The molecule has 0 radical (unpaired) electrons. The molecule has 23 heavy (non-hydrogen) atoms. The summed E-state index contributed by atoms with van der Waals surface area (Å²) in [4.78, 5) is 1.57. The van der Waals surface area contributed by atoms with Crippen molar-refractivity contribution < 1.29 is 15.1 Å². The van der Waals surface area contributed by atoms with Crippen LogP contribution in [-0.2, 0) is 6.54 Å². The molecular formula is C18H22N3O2+. The van der Waals surface area contributed by atoms with Gasteiger partial charge in [0.1, 0.15) is 6.54 Å². The normalized spacial score (nSPS) is 16.1. The van der Waals surface area contributed by atoms with E-state index < -0.39 is 0 Å². The topological polar surface area (TPSA) is 60.5 Å². The summed E-state index contributed by atoms with van der Waals surface area (Å²) in [5, 5.41) is 25.3. The van der Waals surface area contributed by atoms with Gasteiger partial charge in [-0.1, -0.05) is 30.3 Å². The molecule has 2 aromatic rings. The standard InChI is InChI=1S/C18H21N3O2/c22-17-7-6-16(12-18(17)23)13-19-21-10-8-20(9-11-21)14-15-4-2-1-3-5-15/h1-7,12-13,22-23H,8-11,14H2/p+1/b19-13+. The number of piperazine rings is 1. The van der Waals surface area contributed by atoms with Gasteiger partial charge in [-0.25, -0.2) is 0 Å².